The molecule has 1 amide bonds. The second-order valence-corrected chi connectivity index (χ2v) is 6.94. The van der Waals surface area contributed by atoms with E-state index in [0.29, 0.717) is 5.56 Å². The van der Waals surface area contributed by atoms with Gasteiger partial charge in [0.15, 0.2) is 0 Å². The molecule has 1 aliphatic heterocycles. The second kappa shape index (κ2) is 7.60. The van der Waals surface area contributed by atoms with Crippen molar-refractivity contribution in [3.63, 3.8) is 0 Å². The normalized spacial score (nSPS) is 16.9. The molecule has 2 aromatic carbocycles. The van der Waals surface area contributed by atoms with Gasteiger partial charge in [-0.25, -0.2) is 4.39 Å². The standard InChI is InChI=1S/C19H12ClF4N3O3/c20-14-6-3-12(21)8-15(14)27-9-11(7-16(27)28)18-25-17(26-30-18)10-1-4-13(5-2-10)29-19(22,23)24/h1-6,8,11H,7,9H2. The third-order valence-corrected chi connectivity index (χ3v) is 4.78. The van der Waals surface area contributed by atoms with Crippen LogP contribution in [0, 0.1) is 5.82 Å². The van der Waals surface area contributed by atoms with E-state index < -0.39 is 18.1 Å². The molecule has 2 heterocycles. The molecule has 0 N–H and O–H groups in total. The molecule has 0 aliphatic carbocycles. The van der Waals surface area contributed by atoms with Gasteiger partial charge >= 0.3 is 6.36 Å². The lowest BCUT2D eigenvalue weighted by Crippen LogP contribution is -2.24. The molecule has 0 saturated carbocycles. The van der Waals surface area contributed by atoms with E-state index in [1.54, 1.807) is 0 Å². The van der Waals surface area contributed by atoms with Gasteiger partial charge in [0.05, 0.1) is 16.6 Å². The third kappa shape index (κ3) is 4.23. The zero-order valence-corrected chi connectivity index (χ0v) is 15.7. The lowest BCUT2D eigenvalue weighted by atomic mass is 10.1. The maximum absolute atomic E-state index is 13.5. The minimum Gasteiger partial charge on any atom is -0.406 e. The summed E-state index contributed by atoms with van der Waals surface area (Å²) in [5.74, 6) is -1.28. The van der Waals surface area contributed by atoms with Gasteiger partial charge < -0.3 is 14.2 Å². The van der Waals surface area contributed by atoms with Crippen LogP contribution in [0.25, 0.3) is 11.4 Å². The number of nitrogens with zero attached hydrogens (tertiary/aromatic N) is 3. The monoisotopic (exact) mass is 441 g/mol. The fourth-order valence-corrected chi connectivity index (χ4v) is 3.34. The summed E-state index contributed by atoms with van der Waals surface area (Å²) < 4.78 is 59.4. The number of ether oxygens (including phenoxy) is 1. The van der Waals surface area contributed by atoms with Crippen LogP contribution in [-0.4, -0.2) is 29.0 Å². The van der Waals surface area contributed by atoms with Crippen LogP contribution < -0.4 is 9.64 Å². The number of anilines is 1. The van der Waals surface area contributed by atoms with Crippen molar-refractivity contribution in [2.75, 3.05) is 11.4 Å². The maximum atomic E-state index is 13.5. The van der Waals surface area contributed by atoms with Crippen LogP contribution in [0.5, 0.6) is 5.75 Å². The molecule has 3 aromatic rings. The Kier molecular flexibility index (Phi) is 5.10. The van der Waals surface area contributed by atoms with Gasteiger partial charge in [-0.15, -0.1) is 13.2 Å². The van der Waals surface area contributed by atoms with Crippen molar-refractivity contribution in [2.45, 2.75) is 18.7 Å². The van der Waals surface area contributed by atoms with Gasteiger partial charge in [-0.3, -0.25) is 4.79 Å². The average molecular weight is 442 g/mol. The third-order valence-electron chi connectivity index (χ3n) is 4.46. The van der Waals surface area contributed by atoms with E-state index in [1.165, 1.54) is 35.2 Å². The number of halogens is 5. The lowest BCUT2D eigenvalue weighted by molar-refractivity contribution is -0.274. The van der Waals surface area contributed by atoms with Crippen LogP contribution in [0.3, 0.4) is 0 Å². The number of carbonyl (C=O) groups is 1. The average Bonchev–Trinajstić information content (AvgIpc) is 3.30. The van der Waals surface area contributed by atoms with E-state index in [1.807, 2.05) is 0 Å². The van der Waals surface area contributed by atoms with Crippen LogP contribution >= 0.6 is 11.6 Å². The summed E-state index contributed by atoms with van der Waals surface area (Å²) in [5, 5.41) is 4.06. The predicted molar refractivity (Wildman–Crippen MR) is 97.5 cm³/mol. The fourth-order valence-electron chi connectivity index (χ4n) is 3.12. The molecule has 30 heavy (non-hydrogen) atoms. The molecule has 1 aromatic heterocycles. The summed E-state index contributed by atoms with van der Waals surface area (Å²) in [6.07, 6.45) is -4.72. The molecule has 0 bridgehead atoms. The Morgan fingerprint density at radius 2 is 1.90 bits per heavy atom. The molecular weight excluding hydrogens is 430 g/mol. The number of hydrogen-bond donors (Lipinski definition) is 0. The van der Waals surface area contributed by atoms with Crippen molar-refractivity contribution >= 4 is 23.2 Å². The maximum Gasteiger partial charge on any atom is 0.573 e. The van der Waals surface area contributed by atoms with Crippen LogP contribution in [-0.2, 0) is 4.79 Å². The predicted octanol–water partition coefficient (Wildman–Crippen LogP) is 4.95. The number of amides is 1. The molecule has 1 saturated heterocycles. The smallest absolute Gasteiger partial charge is 0.406 e. The Balaban J connectivity index is 1.50. The van der Waals surface area contributed by atoms with Crippen LogP contribution in [0.2, 0.25) is 5.02 Å². The number of alkyl halides is 3. The molecule has 1 atom stereocenters. The van der Waals surface area contributed by atoms with Crippen molar-refractivity contribution in [1.82, 2.24) is 10.1 Å². The first kappa shape index (κ1) is 20.1. The highest BCUT2D eigenvalue weighted by Crippen LogP contribution is 2.36. The molecule has 6 nitrogen and oxygen atoms in total. The molecule has 0 spiro atoms. The van der Waals surface area contributed by atoms with Gasteiger partial charge in [-0.2, -0.15) is 4.98 Å². The van der Waals surface area contributed by atoms with E-state index in [2.05, 4.69) is 14.9 Å². The topological polar surface area (TPSA) is 68.5 Å². The van der Waals surface area contributed by atoms with Crippen LogP contribution in [0.1, 0.15) is 18.2 Å². The van der Waals surface area contributed by atoms with Crippen LogP contribution in [0.4, 0.5) is 23.2 Å². The largest absolute Gasteiger partial charge is 0.573 e. The SMILES string of the molecule is O=C1CC(c2nc(-c3ccc(OC(F)(F)F)cc3)no2)CN1c1cc(F)ccc1Cl. The van der Waals surface area contributed by atoms with Gasteiger partial charge in [-0.1, -0.05) is 16.8 Å². The number of rotatable bonds is 4. The first-order valence-corrected chi connectivity index (χ1v) is 9.02. The fraction of sp³-hybridized carbons (Fsp3) is 0.211. The van der Waals surface area contributed by atoms with E-state index in [4.69, 9.17) is 16.1 Å². The molecule has 156 valence electrons. The molecule has 11 heteroatoms. The zero-order chi connectivity index (χ0) is 21.5. The van der Waals surface area contributed by atoms with Crippen molar-refractivity contribution in [1.29, 1.82) is 0 Å². The highest BCUT2D eigenvalue weighted by molar-refractivity contribution is 6.33. The number of hydrogen-bond acceptors (Lipinski definition) is 5. The van der Waals surface area contributed by atoms with Crippen molar-refractivity contribution in [3.8, 4) is 17.1 Å². The quantitative estimate of drug-likeness (QED) is 0.536. The number of aromatic nitrogens is 2. The Morgan fingerprint density at radius 3 is 2.60 bits per heavy atom. The van der Waals surface area contributed by atoms with E-state index >= 15 is 0 Å². The number of carbonyl (C=O) groups excluding carboxylic acids is 1. The zero-order valence-electron chi connectivity index (χ0n) is 15.0. The first-order valence-electron chi connectivity index (χ1n) is 8.65. The highest BCUT2D eigenvalue weighted by atomic mass is 35.5. The molecule has 0 radical (unpaired) electrons. The van der Waals surface area contributed by atoms with Gasteiger partial charge in [0.25, 0.3) is 0 Å². The van der Waals surface area contributed by atoms with E-state index in [9.17, 15) is 22.4 Å². The summed E-state index contributed by atoms with van der Waals surface area (Å²) in [5.41, 5.74) is 0.665. The first-order chi connectivity index (χ1) is 14.2. The molecule has 1 fully saturated rings. The summed E-state index contributed by atoms with van der Waals surface area (Å²) >= 11 is 6.08. The minimum atomic E-state index is -4.79. The Morgan fingerprint density at radius 1 is 1.17 bits per heavy atom. The lowest BCUT2D eigenvalue weighted by Gasteiger charge is -2.17. The Labute approximate surface area is 172 Å². The molecule has 4 rings (SSSR count). The van der Waals surface area contributed by atoms with E-state index in [0.717, 1.165) is 12.1 Å². The summed E-state index contributed by atoms with van der Waals surface area (Å²) in [6.45, 7) is 0.169. The molecule has 1 aliphatic rings. The second-order valence-electron chi connectivity index (χ2n) is 6.53. The van der Waals surface area contributed by atoms with Gasteiger partial charge in [0.2, 0.25) is 17.6 Å². The Hall–Kier alpha value is -3.14. The van der Waals surface area contributed by atoms with Gasteiger partial charge in [0.1, 0.15) is 11.6 Å². The highest BCUT2D eigenvalue weighted by Gasteiger charge is 2.36. The Bertz CT molecular complexity index is 1090. The number of benzene rings is 2. The van der Waals surface area contributed by atoms with Crippen molar-refractivity contribution in [2.24, 2.45) is 0 Å². The summed E-state index contributed by atoms with van der Waals surface area (Å²) in [7, 11) is 0. The summed E-state index contributed by atoms with van der Waals surface area (Å²) in [6, 6.07) is 8.70. The van der Waals surface area contributed by atoms with E-state index in [-0.39, 0.29) is 47.0 Å². The van der Waals surface area contributed by atoms with Gasteiger partial charge in [-0.05, 0) is 42.5 Å². The summed E-state index contributed by atoms with van der Waals surface area (Å²) in [4.78, 5) is 18.0. The molecule has 1 unspecified atom stereocenters. The van der Waals surface area contributed by atoms with Crippen molar-refractivity contribution < 1.29 is 31.6 Å². The minimum absolute atomic E-state index is 0.0623. The van der Waals surface area contributed by atoms with Gasteiger partial charge in [0, 0.05) is 18.5 Å². The van der Waals surface area contributed by atoms with Crippen LogP contribution in [0.15, 0.2) is 47.0 Å². The molecular formula is C19H12ClF4N3O3. The van der Waals surface area contributed by atoms with Crippen molar-refractivity contribution in [3.05, 3.63) is 59.2 Å².